The molecule has 0 bridgehead atoms. The highest BCUT2D eigenvalue weighted by Gasteiger charge is 2.27. The first kappa shape index (κ1) is 22.8. The summed E-state index contributed by atoms with van der Waals surface area (Å²) in [6.07, 6.45) is 3.36. The number of aromatic nitrogens is 2. The number of para-hydroxylation sites is 1. The number of hydrogen-bond acceptors (Lipinski definition) is 3. The lowest BCUT2D eigenvalue weighted by atomic mass is 9.98. The zero-order chi connectivity index (χ0) is 22.4. The van der Waals surface area contributed by atoms with E-state index >= 15 is 0 Å². The average Bonchev–Trinajstić information content (AvgIpc) is 3.07. The normalized spacial score (nSPS) is 14.7. The predicted molar refractivity (Wildman–Crippen MR) is 122 cm³/mol. The Balaban J connectivity index is 1.49. The molecule has 0 saturated carbocycles. The van der Waals surface area contributed by atoms with Crippen molar-refractivity contribution in [1.82, 2.24) is 25.3 Å². The summed E-state index contributed by atoms with van der Waals surface area (Å²) in [5, 5.41) is 10.7. The lowest BCUT2D eigenvalue weighted by Crippen LogP contribution is -2.50. The van der Waals surface area contributed by atoms with Crippen LogP contribution < -0.4 is 10.6 Å². The molecule has 31 heavy (non-hydrogen) atoms. The van der Waals surface area contributed by atoms with Crippen molar-refractivity contribution < 1.29 is 9.59 Å². The molecule has 1 aromatic heterocycles. The Morgan fingerprint density at radius 2 is 1.74 bits per heavy atom. The number of hydrogen-bond donors (Lipinski definition) is 2. The number of carbonyl (C=O) groups is 2. The molecule has 1 aromatic carbocycles. The number of amides is 3. The highest BCUT2D eigenvalue weighted by atomic mass is 16.2. The van der Waals surface area contributed by atoms with Crippen molar-refractivity contribution in [3.05, 3.63) is 47.3 Å². The summed E-state index contributed by atoms with van der Waals surface area (Å²) in [6.45, 7) is 9.98. The summed E-state index contributed by atoms with van der Waals surface area (Å²) in [6, 6.07) is 9.92. The summed E-state index contributed by atoms with van der Waals surface area (Å²) in [5.74, 6) is 0.380. The molecule has 3 rings (SSSR count). The molecule has 1 aliphatic heterocycles. The lowest BCUT2D eigenvalue weighted by molar-refractivity contribution is -0.136. The zero-order valence-corrected chi connectivity index (χ0v) is 19.1. The van der Waals surface area contributed by atoms with Crippen molar-refractivity contribution in [3.8, 4) is 5.69 Å². The summed E-state index contributed by atoms with van der Waals surface area (Å²) in [7, 11) is 0. The van der Waals surface area contributed by atoms with E-state index in [4.69, 9.17) is 0 Å². The molecular formula is C24H35N5O2. The van der Waals surface area contributed by atoms with E-state index in [0.717, 1.165) is 48.3 Å². The fourth-order valence-corrected chi connectivity index (χ4v) is 4.30. The van der Waals surface area contributed by atoms with Gasteiger partial charge in [0.05, 0.1) is 11.4 Å². The average molecular weight is 426 g/mol. The number of piperidine rings is 1. The number of nitrogens with zero attached hydrogens (tertiary/aromatic N) is 3. The largest absolute Gasteiger partial charge is 0.342 e. The van der Waals surface area contributed by atoms with Crippen molar-refractivity contribution in [3.63, 3.8) is 0 Å². The lowest BCUT2D eigenvalue weighted by Gasteiger charge is -2.34. The van der Waals surface area contributed by atoms with Crippen LogP contribution in [0.4, 0.5) is 4.79 Å². The smallest absolute Gasteiger partial charge is 0.315 e. The van der Waals surface area contributed by atoms with Crippen LogP contribution in [-0.4, -0.2) is 45.8 Å². The molecule has 7 heteroatoms. The first-order valence-electron chi connectivity index (χ1n) is 11.4. The van der Waals surface area contributed by atoms with E-state index in [-0.39, 0.29) is 23.9 Å². The van der Waals surface area contributed by atoms with E-state index in [1.807, 2.05) is 53.8 Å². The number of nitrogens with one attached hydrogen (secondary N) is 2. The number of benzene rings is 1. The van der Waals surface area contributed by atoms with Crippen LogP contribution in [0.1, 0.15) is 56.5 Å². The van der Waals surface area contributed by atoms with E-state index in [9.17, 15) is 9.59 Å². The van der Waals surface area contributed by atoms with Gasteiger partial charge in [-0.3, -0.25) is 4.79 Å². The molecule has 2 aromatic rings. The molecule has 0 spiro atoms. The highest BCUT2D eigenvalue weighted by molar-refractivity contribution is 5.79. The molecular weight excluding hydrogens is 390 g/mol. The van der Waals surface area contributed by atoms with Crippen LogP contribution in [0.3, 0.4) is 0 Å². The van der Waals surface area contributed by atoms with Crippen molar-refractivity contribution in [2.75, 3.05) is 13.1 Å². The van der Waals surface area contributed by atoms with E-state index < -0.39 is 0 Å². The first-order valence-corrected chi connectivity index (χ1v) is 11.4. The van der Waals surface area contributed by atoms with Crippen LogP contribution >= 0.6 is 0 Å². The zero-order valence-electron chi connectivity index (χ0n) is 19.1. The van der Waals surface area contributed by atoms with E-state index in [1.54, 1.807) is 0 Å². The fourth-order valence-electron chi connectivity index (χ4n) is 4.30. The Kier molecular flexibility index (Phi) is 7.71. The summed E-state index contributed by atoms with van der Waals surface area (Å²) >= 11 is 0. The second kappa shape index (κ2) is 10.5. The molecule has 3 amide bonds. The van der Waals surface area contributed by atoms with E-state index in [2.05, 4.69) is 29.6 Å². The molecule has 7 nitrogen and oxygen atoms in total. The van der Waals surface area contributed by atoms with Gasteiger partial charge in [-0.1, -0.05) is 32.0 Å². The predicted octanol–water partition coefficient (Wildman–Crippen LogP) is 3.72. The SMILES string of the molecule is CCC(CC)C(=O)N1CCC(NC(=O)NCc2c(C)nn(-c3ccccc3)c2C)CC1. The van der Waals surface area contributed by atoms with Gasteiger partial charge in [0, 0.05) is 42.9 Å². The van der Waals surface area contributed by atoms with Gasteiger partial charge in [0.1, 0.15) is 0 Å². The third-order valence-electron chi connectivity index (χ3n) is 6.34. The van der Waals surface area contributed by atoms with Gasteiger partial charge in [0.15, 0.2) is 0 Å². The van der Waals surface area contributed by atoms with Gasteiger partial charge in [0.25, 0.3) is 0 Å². The van der Waals surface area contributed by atoms with Gasteiger partial charge >= 0.3 is 6.03 Å². The van der Waals surface area contributed by atoms with E-state index in [0.29, 0.717) is 19.6 Å². The molecule has 0 aliphatic carbocycles. The number of urea groups is 1. The second-order valence-electron chi connectivity index (χ2n) is 8.34. The maximum absolute atomic E-state index is 12.5. The molecule has 2 heterocycles. The van der Waals surface area contributed by atoms with Gasteiger partial charge in [-0.25, -0.2) is 9.48 Å². The Bertz CT molecular complexity index is 881. The molecule has 1 saturated heterocycles. The quantitative estimate of drug-likeness (QED) is 0.710. The third kappa shape index (κ3) is 5.46. The Hall–Kier alpha value is -2.83. The molecule has 0 radical (unpaired) electrons. The molecule has 1 aliphatic rings. The standard InChI is InChI=1S/C24H35N5O2/c1-5-19(6-2)23(30)28-14-12-20(13-15-28)26-24(31)25-16-22-17(3)27-29(18(22)4)21-10-8-7-9-11-21/h7-11,19-20H,5-6,12-16H2,1-4H3,(H2,25,26,31). The van der Waals surface area contributed by atoms with Crippen molar-refractivity contribution in [2.24, 2.45) is 5.92 Å². The minimum absolute atomic E-state index is 0.0972. The Morgan fingerprint density at radius 3 is 2.35 bits per heavy atom. The van der Waals surface area contributed by atoms with Gasteiger partial charge < -0.3 is 15.5 Å². The molecule has 168 valence electrons. The molecule has 0 unspecified atom stereocenters. The van der Waals surface area contributed by atoms with Crippen LogP contribution in [0, 0.1) is 19.8 Å². The van der Waals surface area contributed by atoms with Crippen LogP contribution in [-0.2, 0) is 11.3 Å². The van der Waals surface area contributed by atoms with Gasteiger partial charge in [0.2, 0.25) is 5.91 Å². The van der Waals surface area contributed by atoms with Gasteiger partial charge in [-0.15, -0.1) is 0 Å². The van der Waals surface area contributed by atoms with Crippen molar-refractivity contribution >= 4 is 11.9 Å². The van der Waals surface area contributed by atoms with Crippen LogP contribution in [0.15, 0.2) is 30.3 Å². The van der Waals surface area contributed by atoms with Crippen molar-refractivity contribution in [1.29, 1.82) is 0 Å². The Morgan fingerprint density at radius 1 is 1.10 bits per heavy atom. The topological polar surface area (TPSA) is 79.3 Å². The first-order chi connectivity index (χ1) is 14.9. The number of likely N-dealkylation sites (tertiary alicyclic amines) is 1. The maximum atomic E-state index is 12.5. The summed E-state index contributed by atoms with van der Waals surface area (Å²) in [4.78, 5) is 27.0. The maximum Gasteiger partial charge on any atom is 0.315 e. The number of rotatable bonds is 7. The highest BCUT2D eigenvalue weighted by Crippen LogP contribution is 2.19. The number of aryl methyl sites for hydroxylation is 1. The minimum atomic E-state index is -0.170. The second-order valence-corrected chi connectivity index (χ2v) is 8.34. The summed E-state index contributed by atoms with van der Waals surface area (Å²) < 4.78 is 1.91. The molecule has 0 atom stereocenters. The summed E-state index contributed by atoms with van der Waals surface area (Å²) in [5.41, 5.74) is 3.98. The molecule has 1 fully saturated rings. The number of carbonyl (C=O) groups excluding carboxylic acids is 2. The fraction of sp³-hybridized carbons (Fsp3) is 0.542. The van der Waals surface area contributed by atoms with Crippen LogP contribution in [0.2, 0.25) is 0 Å². The minimum Gasteiger partial charge on any atom is -0.342 e. The molecule has 2 N–H and O–H groups in total. The van der Waals surface area contributed by atoms with Crippen molar-refractivity contribution in [2.45, 2.75) is 66.0 Å². The Labute approximate surface area is 185 Å². The van der Waals surface area contributed by atoms with Crippen LogP contribution in [0.5, 0.6) is 0 Å². The van der Waals surface area contributed by atoms with Gasteiger partial charge in [-0.2, -0.15) is 5.10 Å². The van der Waals surface area contributed by atoms with E-state index in [1.165, 1.54) is 0 Å². The third-order valence-corrected chi connectivity index (χ3v) is 6.34. The monoisotopic (exact) mass is 425 g/mol. The van der Waals surface area contributed by atoms with Crippen LogP contribution in [0.25, 0.3) is 5.69 Å². The van der Waals surface area contributed by atoms with Gasteiger partial charge in [-0.05, 0) is 51.7 Å².